The number of rotatable bonds is 10. The van der Waals surface area contributed by atoms with Crippen molar-refractivity contribution in [1.29, 1.82) is 0 Å². The summed E-state index contributed by atoms with van der Waals surface area (Å²) in [6.07, 6.45) is 1.74. The molecule has 0 aliphatic heterocycles. The molecule has 0 bridgehead atoms. The van der Waals surface area contributed by atoms with Crippen molar-refractivity contribution in [3.63, 3.8) is 0 Å². The van der Waals surface area contributed by atoms with Gasteiger partial charge in [0.25, 0.3) is 11.4 Å². The summed E-state index contributed by atoms with van der Waals surface area (Å²) < 4.78 is 0. The van der Waals surface area contributed by atoms with Gasteiger partial charge in [-0.1, -0.05) is 79.2 Å². The van der Waals surface area contributed by atoms with Gasteiger partial charge in [-0.3, -0.25) is 25.0 Å². The largest absolute Gasteiger partial charge is 0.377 e. The first-order chi connectivity index (χ1) is 19.9. The number of nitro benzene ring substituents is 2. The maximum absolute atomic E-state index is 14.5. The molecule has 1 aliphatic carbocycles. The van der Waals surface area contributed by atoms with Gasteiger partial charge < -0.3 is 10.6 Å². The van der Waals surface area contributed by atoms with E-state index in [0.717, 1.165) is 11.4 Å². The quantitative estimate of drug-likeness (QED) is 0.155. The lowest BCUT2D eigenvalue weighted by molar-refractivity contribution is -0.385. The molecule has 0 amide bonds. The van der Waals surface area contributed by atoms with Gasteiger partial charge in [0.2, 0.25) is 0 Å². The van der Waals surface area contributed by atoms with Crippen molar-refractivity contribution in [3.8, 4) is 0 Å². The Morgan fingerprint density at radius 1 is 0.585 bits per heavy atom. The van der Waals surface area contributed by atoms with Crippen LogP contribution < -0.4 is 10.6 Å². The Morgan fingerprint density at radius 3 is 1.34 bits per heavy atom. The molecule has 1 saturated carbocycles. The van der Waals surface area contributed by atoms with Crippen LogP contribution in [-0.4, -0.2) is 15.6 Å². The topological polar surface area (TPSA) is 127 Å². The first kappa shape index (κ1) is 27.5. The molecule has 0 spiro atoms. The van der Waals surface area contributed by atoms with E-state index in [1.807, 2.05) is 60.7 Å². The molecule has 2 N–H and O–H groups in total. The maximum atomic E-state index is 14.5. The lowest BCUT2D eigenvalue weighted by Gasteiger charge is -2.38. The smallest absolute Gasteiger partial charge is 0.274 e. The molecule has 41 heavy (non-hydrogen) atoms. The minimum Gasteiger partial charge on any atom is -0.377 e. The average molecular weight is 551 g/mol. The number of carbonyl (C=O) groups is 1. The van der Waals surface area contributed by atoms with Gasteiger partial charge in [-0.25, -0.2) is 0 Å². The zero-order chi connectivity index (χ0) is 28.8. The number of nitrogens with zero attached hydrogens (tertiary/aromatic N) is 2. The molecule has 4 aromatic carbocycles. The second-order valence-corrected chi connectivity index (χ2v) is 10.2. The van der Waals surface area contributed by atoms with E-state index >= 15 is 0 Å². The average Bonchev–Trinajstić information content (AvgIpc) is 3.00. The van der Waals surface area contributed by atoms with Crippen LogP contribution in [0.15, 0.2) is 109 Å². The molecular weight excluding hydrogens is 520 g/mol. The number of carbonyl (C=O) groups excluding carboxylic acids is 1. The fraction of sp³-hybridized carbons (Fsp3) is 0.219. The molecule has 4 aromatic rings. The van der Waals surface area contributed by atoms with Crippen molar-refractivity contribution in [2.45, 2.75) is 31.3 Å². The highest BCUT2D eigenvalue weighted by Crippen LogP contribution is 2.45. The van der Waals surface area contributed by atoms with Gasteiger partial charge in [0.15, 0.2) is 0 Å². The molecule has 4 unspecified atom stereocenters. The highest BCUT2D eigenvalue weighted by atomic mass is 16.6. The van der Waals surface area contributed by atoms with Gasteiger partial charge in [-0.2, -0.15) is 0 Å². The minimum atomic E-state index is -0.669. The highest BCUT2D eigenvalue weighted by molar-refractivity contribution is 5.87. The molecule has 5 rings (SSSR count). The van der Waals surface area contributed by atoms with E-state index in [9.17, 15) is 25.0 Å². The molecule has 0 radical (unpaired) electrons. The summed E-state index contributed by atoms with van der Waals surface area (Å²) in [6, 6.07) is 30.3. The maximum Gasteiger partial charge on any atom is 0.274 e. The Balaban J connectivity index is 1.58. The molecule has 4 atom stereocenters. The second kappa shape index (κ2) is 12.4. The van der Waals surface area contributed by atoms with Crippen LogP contribution in [0.3, 0.4) is 0 Å². The zero-order valence-corrected chi connectivity index (χ0v) is 22.3. The summed E-state index contributed by atoms with van der Waals surface area (Å²) in [5, 5.41) is 30.9. The predicted molar refractivity (Wildman–Crippen MR) is 158 cm³/mol. The van der Waals surface area contributed by atoms with Crippen molar-refractivity contribution >= 4 is 28.5 Å². The van der Waals surface area contributed by atoms with Gasteiger partial charge in [0.1, 0.15) is 5.78 Å². The van der Waals surface area contributed by atoms with E-state index in [1.54, 1.807) is 36.4 Å². The van der Waals surface area contributed by atoms with Crippen LogP contribution in [-0.2, 0) is 4.79 Å². The van der Waals surface area contributed by atoms with E-state index in [2.05, 4.69) is 10.6 Å². The number of ketones is 1. The van der Waals surface area contributed by atoms with E-state index < -0.39 is 33.8 Å². The predicted octanol–water partition coefficient (Wildman–Crippen LogP) is 7.50. The van der Waals surface area contributed by atoms with E-state index in [0.29, 0.717) is 30.4 Å². The first-order valence-electron chi connectivity index (χ1n) is 13.6. The molecule has 0 heterocycles. The second-order valence-electron chi connectivity index (χ2n) is 10.2. The number of para-hydroxylation sites is 4. The summed E-state index contributed by atoms with van der Waals surface area (Å²) in [5.41, 5.74) is 2.21. The van der Waals surface area contributed by atoms with E-state index in [1.165, 1.54) is 12.1 Å². The molecule has 208 valence electrons. The summed E-state index contributed by atoms with van der Waals surface area (Å²) in [5.74, 6) is -1.29. The van der Waals surface area contributed by atoms with Crippen LogP contribution in [0.25, 0.3) is 0 Å². The van der Waals surface area contributed by atoms with Gasteiger partial charge in [0, 0.05) is 35.3 Å². The van der Waals surface area contributed by atoms with Gasteiger partial charge in [-0.05, 0) is 37.1 Å². The van der Waals surface area contributed by atoms with Gasteiger partial charge in [-0.15, -0.1) is 0 Å². The third kappa shape index (κ3) is 6.09. The molecule has 0 saturated heterocycles. The number of nitrogens with one attached hydrogen (secondary N) is 2. The lowest BCUT2D eigenvalue weighted by atomic mass is 9.70. The van der Waals surface area contributed by atoms with E-state index in [-0.39, 0.29) is 17.2 Å². The molecule has 1 aliphatic rings. The molecule has 9 heteroatoms. The van der Waals surface area contributed by atoms with Crippen molar-refractivity contribution in [2.24, 2.45) is 11.8 Å². The number of hydrogen-bond acceptors (Lipinski definition) is 7. The normalized spacial score (nSPS) is 18.2. The SMILES string of the molecule is O=C1C(C(Nc2ccccc2)c2ccccc2[N+](=O)[O-])CCCC1C(Nc1ccccc1)c1ccccc1[N+](=O)[O-]. The Kier molecular flexibility index (Phi) is 8.34. The fourth-order valence-electron chi connectivity index (χ4n) is 5.83. The molecule has 0 aromatic heterocycles. The number of nitro groups is 2. The van der Waals surface area contributed by atoms with Crippen molar-refractivity contribution in [2.75, 3.05) is 10.6 Å². The fourth-order valence-corrected chi connectivity index (χ4v) is 5.83. The van der Waals surface area contributed by atoms with Crippen LogP contribution in [0.1, 0.15) is 42.5 Å². The molecular formula is C32H30N4O5. The Bertz CT molecular complexity index is 1420. The van der Waals surface area contributed by atoms with Crippen LogP contribution in [0.2, 0.25) is 0 Å². The number of benzene rings is 4. The summed E-state index contributed by atoms with van der Waals surface area (Å²) in [6.45, 7) is 0. The summed E-state index contributed by atoms with van der Waals surface area (Å²) >= 11 is 0. The third-order valence-corrected chi connectivity index (χ3v) is 7.69. The minimum absolute atomic E-state index is 0.0616. The van der Waals surface area contributed by atoms with Crippen molar-refractivity contribution in [1.82, 2.24) is 0 Å². The monoisotopic (exact) mass is 550 g/mol. The summed E-state index contributed by atoms with van der Waals surface area (Å²) in [4.78, 5) is 37.7. The molecule has 1 fully saturated rings. The highest BCUT2D eigenvalue weighted by Gasteiger charge is 2.43. The zero-order valence-electron chi connectivity index (χ0n) is 22.3. The number of anilines is 2. The Hall–Kier alpha value is -5.05. The standard InChI is InChI=1S/C32H30N4O5/c37-32-26(30(33-22-12-3-1-4-13-22)24-16-7-9-20-28(24)35(38)39)18-11-19-27(32)31(34-23-14-5-2-6-15-23)25-17-8-10-21-29(25)36(40)41/h1-10,12-17,20-21,26-27,30-31,33-34H,11,18-19H2. The Morgan fingerprint density at radius 2 is 0.951 bits per heavy atom. The number of hydrogen-bond donors (Lipinski definition) is 2. The first-order valence-corrected chi connectivity index (χ1v) is 13.6. The van der Waals surface area contributed by atoms with Crippen LogP contribution >= 0.6 is 0 Å². The summed E-state index contributed by atoms with van der Waals surface area (Å²) in [7, 11) is 0. The van der Waals surface area contributed by atoms with Gasteiger partial charge in [0.05, 0.1) is 33.1 Å². The molecule has 9 nitrogen and oxygen atoms in total. The van der Waals surface area contributed by atoms with Crippen LogP contribution in [0.4, 0.5) is 22.7 Å². The van der Waals surface area contributed by atoms with Gasteiger partial charge >= 0.3 is 0 Å². The van der Waals surface area contributed by atoms with Crippen molar-refractivity contribution < 1.29 is 14.6 Å². The Labute approximate surface area is 237 Å². The number of Topliss-reactive ketones (excluding diaryl/α,β-unsaturated/α-hetero) is 1. The van der Waals surface area contributed by atoms with Crippen molar-refractivity contribution in [3.05, 3.63) is 141 Å². The van der Waals surface area contributed by atoms with Crippen LogP contribution in [0, 0.1) is 32.1 Å². The van der Waals surface area contributed by atoms with E-state index in [4.69, 9.17) is 0 Å². The van der Waals surface area contributed by atoms with Crippen LogP contribution in [0.5, 0.6) is 0 Å². The third-order valence-electron chi connectivity index (χ3n) is 7.69. The lowest BCUT2D eigenvalue weighted by Crippen LogP contribution is -2.40.